The number of carbonyl (C=O) groups is 2. The molecule has 3 atom stereocenters. The summed E-state index contributed by atoms with van der Waals surface area (Å²) in [6.45, 7) is 0. The Bertz CT molecular complexity index is 1360. The van der Waals surface area contributed by atoms with Crippen molar-refractivity contribution in [3.8, 4) is 0 Å². The summed E-state index contributed by atoms with van der Waals surface area (Å²) in [6, 6.07) is 35.5. The van der Waals surface area contributed by atoms with Crippen LogP contribution in [0.15, 0.2) is 127 Å². The van der Waals surface area contributed by atoms with Crippen molar-refractivity contribution in [3.63, 3.8) is 0 Å². The van der Waals surface area contributed by atoms with E-state index in [0.29, 0.717) is 0 Å². The predicted octanol–water partition coefficient (Wildman–Crippen LogP) is 6.90. The molecule has 0 saturated heterocycles. The van der Waals surface area contributed by atoms with Gasteiger partial charge in [-0.2, -0.15) is 10.5 Å². The monoisotopic (exact) mass is 534 g/mol. The van der Waals surface area contributed by atoms with Crippen LogP contribution in [-0.4, -0.2) is 27.0 Å². The minimum atomic E-state index is -0.708. The number of nitrogens with zero attached hydrogens (tertiary/aromatic N) is 1. The van der Waals surface area contributed by atoms with Crippen LogP contribution in [0.3, 0.4) is 0 Å². The standard InChI is InChI=1S/C34H34N2O4/c37-30(22-21-26-13-5-1-6-14-26)24-33(28-17-9-3-10-18-28)36(40)34(29-19-11-4-12-20-29)25-31(38)23-32(35-39)27-15-7-2-8-16-27/h1-22,32-35,39-40H,23-25H2/b22-21+. The van der Waals surface area contributed by atoms with Gasteiger partial charge in [0, 0.05) is 19.3 Å². The fourth-order valence-corrected chi connectivity index (χ4v) is 4.76. The average molecular weight is 535 g/mol. The van der Waals surface area contributed by atoms with Crippen molar-refractivity contribution in [2.24, 2.45) is 0 Å². The lowest BCUT2D eigenvalue weighted by Gasteiger charge is -2.33. The molecule has 0 fully saturated rings. The molecule has 0 aliphatic carbocycles. The summed E-state index contributed by atoms with van der Waals surface area (Å²) >= 11 is 0. The molecule has 0 amide bonds. The van der Waals surface area contributed by atoms with Gasteiger partial charge in [-0.05, 0) is 28.3 Å². The molecule has 0 heterocycles. The molecule has 6 nitrogen and oxygen atoms in total. The third-order valence-electron chi connectivity index (χ3n) is 6.87. The van der Waals surface area contributed by atoms with Crippen LogP contribution < -0.4 is 5.48 Å². The van der Waals surface area contributed by atoms with Crippen molar-refractivity contribution in [1.82, 2.24) is 10.5 Å². The van der Waals surface area contributed by atoms with Gasteiger partial charge in [-0.1, -0.05) is 127 Å². The molecule has 6 heteroatoms. The van der Waals surface area contributed by atoms with Crippen molar-refractivity contribution in [3.05, 3.63) is 150 Å². The van der Waals surface area contributed by atoms with Crippen molar-refractivity contribution in [2.75, 3.05) is 0 Å². The third-order valence-corrected chi connectivity index (χ3v) is 6.87. The Labute approximate surface area is 235 Å². The second-order valence-electron chi connectivity index (χ2n) is 9.69. The second kappa shape index (κ2) is 14.8. The summed E-state index contributed by atoms with van der Waals surface area (Å²) < 4.78 is 0. The summed E-state index contributed by atoms with van der Waals surface area (Å²) in [5.41, 5.74) is 5.45. The number of benzene rings is 4. The number of carbonyl (C=O) groups excluding carboxylic acids is 2. The Hall–Kier alpha value is -4.20. The summed E-state index contributed by atoms with van der Waals surface area (Å²) in [7, 11) is 0. The zero-order chi connectivity index (χ0) is 28.2. The van der Waals surface area contributed by atoms with Gasteiger partial charge in [-0.25, -0.2) is 0 Å². The van der Waals surface area contributed by atoms with Crippen LogP contribution in [0.4, 0.5) is 0 Å². The van der Waals surface area contributed by atoms with Crippen LogP contribution in [0.5, 0.6) is 0 Å². The molecule has 0 aliphatic heterocycles. The Morgan fingerprint density at radius 2 is 1.10 bits per heavy atom. The van der Waals surface area contributed by atoms with Gasteiger partial charge in [-0.3, -0.25) is 9.59 Å². The van der Waals surface area contributed by atoms with E-state index in [1.807, 2.05) is 121 Å². The first-order valence-corrected chi connectivity index (χ1v) is 13.3. The molecule has 3 unspecified atom stereocenters. The third kappa shape index (κ3) is 8.15. The van der Waals surface area contributed by atoms with E-state index in [9.17, 15) is 20.0 Å². The molecule has 204 valence electrons. The molecule has 4 rings (SSSR count). The van der Waals surface area contributed by atoms with Gasteiger partial charge < -0.3 is 10.4 Å². The van der Waals surface area contributed by atoms with E-state index >= 15 is 0 Å². The smallest absolute Gasteiger partial charge is 0.157 e. The highest BCUT2D eigenvalue weighted by atomic mass is 16.5. The molecule has 0 bridgehead atoms. The molecule has 4 aromatic carbocycles. The number of hydroxylamine groups is 3. The summed E-state index contributed by atoms with van der Waals surface area (Å²) in [5, 5.41) is 22.6. The van der Waals surface area contributed by atoms with Crippen LogP contribution >= 0.6 is 0 Å². The summed E-state index contributed by atoms with van der Waals surface area (Å²) in [5.74, 6) is -0.297. The van der Waals surface area contributed by atoms with E-state index in [0.717, 1.165) is 27.3 Å². The van der Waals surface area contributed by atoms with Gasteiger partial charge in [0.25, 0.3) is 0 Å². The second-order valence-corrected chi connectivity index (χ2v) is 9.69. The SMILES string of the molecule is O=C(/C=C/c1ccccc1)CC(c1ccccc1)N(O)C(CC(=O)CC(NO)c1ccccc1)c1ccccc1. The van der Waals surface area contributed by atoms with Crippen molar-refractivity contribution >= 4 is 17.6 Å². The first-order chi connectivity index (χ1) is 19.5. The van der Waals surface area contributed by atoms with Crippen LogP contribution in [0.2, 0.25) is 0 Å². The first-order valence-electron chi connectivity index (χ1n) is 13.3. The molecule has 0 aliphatic rings. The Kier molecular flexibility index (Phi) is 10.7. The van der Waals surface area contributed by atoms with Crippen LogP contribution in [0.25, 0.3) is 6.08 Å². The lowest BCUT2D eigenvalue weighted by molar-refractivity contribution is -0.172. The van der Waals surface area contributed by atoms with Crippen molar-refractivity contribution in [1.29, 1.82) is 0 Å². The van der Waals surface area contributed by atoms with Gasteiger partial charge in [-0.15, -0.1) is 0 Å². The molecule has 0 saturated carbocycles. The molecule has 3 N–H and O–H groups in total. The quantitative estimate of drug-likeness (QED) is 0.120. The number of hydrogen-bond donors (Lipinski definition) is 3. The maximum absolute atomic E-state index is 13.3. The Morgan fingerprint density at radius 1 is 0.650 bits per heavy atom. The highest BCUT2D eigenvalue weighted by Crippen LogP contribution is 2.34. The van der Waals surface area contributed by atoms with Gasteiger partial charge in [0.05, 0.1) is 18.1 Å². The van der Waals surface area contributed by atoms with Crippen molar-refractivity contribution in [2.45, 2.75) is 37.4 Å². The normalized spacial score (nSPS) is 13.7. The molecule has 4 aromatic rings. The predicted molar refractivity (Wildman–Crippen MR) is 155 cm³/mol. The van der Waals surface area contributed by atoms with E-state index in [1.165, 1.54) is 6.08 Å². The summed E-state index contributed by atoms with van der Waals surface area (Å²) in [6.07, 6.45) is 3.33. The molecule has 0 radical (unpaired) electrons. The zero-order valence-corrected chi connectivity index (χ0v) is 22.2. The molecular formula is C34H34N2O4. The maximum atomic E-state index is 13.3. The number of hydrogen-bond acceptors (Lipinski definition) is 6. The van der Waals surface area contributed by atoms with Crippen molar-refractivity contribution < 1.29 is 20.0 Å². The maximum Gasteiger partial charge on any atom is 0.157 e. The van der Waals surface area contributed by atoms with E-state index in [4.69, 9.17) is 0 Å². The van der Waals surface area contributed by atoms with Gasteiger partial charge in [0.2, 0.25) is 0 Å². The Balaban J connectivity index is 1.58. The van der Waals surface area contributed by atoms with E-state index in [1.54, 1.807) is 6.08 Å². The number of allylic oxidation sites excluding steroid dienone is 1. The van der Waals surface area contributed by atoms with Gasteiger partial charge >= 0.3 is 0 Å². The molecule has 0 aromatic heterocycles. The highest BCUT2D eigenvalue weighted by Gasteiger charge is 2.31. The van der Waals surface area contributed by atoms with Crippen LogP contribution in [0.1, 0.15) is 59.6 Å². The van der Waals surface area contributed by atoms with E-state index < -0.39 is 18.1 Å². The van der Waals surface area contributed by atoms with Crippen LogP contribution in [0, 0.1) is 0 Å². The Morgan fingerprint density at radius 3 is 1.60 bits per heavy atom. The fourth-order valence-electron chi connectivity index (χ4n) is 4.76. The lowest BCUT2D eigenvalue weighted by atomic mass is 9.93. The average Bonchev–Trinajstić information content (AvgIpc) is 3.01. The van der Waals surface area contributed by atoms with Gasteiger partial charge in [0.1, 0.15) is 5.78 Å². The first kappa shape index (κ1) is 28.8. The minimum absolute atomic E-state index is 0.0110. The summed E-state index contributed by atoms with van der Waals surface area (Å²) in [4.78, 5) is 26.4. The zero-order valence-electron chi connectivity index (χ0n) is 22.2. The molecular weight excluding hydrogens is 500 g/mol. The molecule has 0 spiro atoms. The molecule has 40 heavy (non-hydrogen) atoms. The lowest BCUT2D eigenvalue weighted by Crippen LogP contribution is -2.33. The number of ketones is 2. The van der Waals surface area contributed by atoms with E-state index in [-0.39, 0.29) is 30.8 Å². The van der Waals surface area contributed by atoms with E-state index in [2.05, 4.69) is 5.48 Å². The topological polar surface area (TPSA) is 89.9 Å². The number of rotatable bonds is 14. The highest BCUT2D eigenvalue weighted by molar-refractivity contribution is 5.94. The number of nitrogens with one attached hydrogen (secondary N) is 1. The van der Waals surface area contributed by atoms with Gasteiger partial charge in [0.15, 0.2) is 5.78 Å². The minimum Gasteiger partial charge on any atom is -0.316 e. The largest absolute Gasteiger partial charge is 0.316 e. The van der Waals surface area contributed by atoms with Crippen LogP contribution in [-0.2, 0) is 9.59 Å². The number of Topliss-reactive ketones (excluding diaryl/α,β-unsaturated/α-hetero) is 1. The fraction of sp³-hybridized carbons (Fsp3) is 0.176.